The van der Waals surface area contributed by atoms with Gasteiger partial charge in [-0.05, 0) is 110 Å². The van der Waals surface area contributed by atoms with Crippen LogP contribution in [-0.4, -0.2) is 47.8 Å². The molecule has 4 nitrogen and oxygen atoms in total. The van der Waals surface area contributed by atoms with Crippen LogP contribution in [0.3, 0.4) is 0 Å². The summed E-state index contributed by atoms with van der Waals surface area (Å²) in [6, 6.07) is 0. The zero-order valence-corrected chi connectivity index (χ0v) is 21.0. The predicted octanol–water partition coefficient (Wildman–Crippen LogP) is 5.28. The first-order valence-electron chi connectivity index (χ1n) is 13.6. The first-order chi connectivity index (χ1) is 15.0. The lowest BCUT2D eigenvalue weighted by Gasteiger charge is -2.59. The first kappa shape index (κ1) is 21.9. The minimum absolute atomic E-state index is 0. The van der Waals surface area contributed by atoms with Crippen LogP contribution in [-0.2, 0) is 9.53 Å². The van der Waals surface area contributed by atoms with Gasteiger partial charge in [0.1, 0.15) is 0 Å². The Hall–Kier alpha value is -0.610. The van der Waals surface area contributed by atoms with Gasteiger partial charge in [-0.3, -0.25) is 4.79 Å². The van der Waals surface area contributed by atoms with Gasteiger partial charge in [0, 0.05) is 21.9 Å². The van der Waals surface area contributed by atoms with Crippen LogP contribution in [0.5, 0.6) is 0 Å². The van der Waals surface area contributed by atoms with Crippen molar-refractivity contribution in [2.45, 2.75) is 110 Å². The van der Waals surface area contributed by atoms with Gasteiger partial charge in [-0.15, -0.1) is 0 Å². The molecule has 32 heavy (non-hydrogen) atoms. The molecule has 5 saturated carbocycles. The number of carbonyl (C=O) groups excluding carboxylic acids is 1. The molecule has 0 aromatic carbocycles. The van der Waals surface area contributed by atoms with Crippen molar-refractivity contribution < 1.29 is 16.1 Å². The number of amides is 1. The van der Waals surface area contributed by atoms with Crippen LogP contribution in [0.25, 0.3) is 0 Å². The van der Waals surface area contributed by atoms with E-state index in [1.54, 1.807) is 6.92 Å². The van der Waals surface area contributed by atoms with Gasteiger partial charge in [-0.2, -0.15) is 0 Å². The van der Waals surface area contributed by atoms with Gasteiger partial charge in [0.15, 0.2) is 0 Å². The maximum Gasteiger partial charge on any atom is 0.219 e. The Morgan fingerprint density at radius 3 is 2.50 bits per heavy atom. The molecule has 0 radical (unpaired) electrons. The molecule has 2 spiro atoms. The van der Waals surface area contributed by atoms with Crippen molar-refractivity contribution in [3.8, 4) is 0 Å². The van der Waals surface area contributed by atoms with E-state index in [2.05, 4.69) is 20.8 Å². The monoisotopic (exact) mass is 445 g/mol. The van der Waals surface area contributed by atoms with Crippen molar-refractivity contribution in [1.82, 2.24) is 4.90 Å². The van der Waals surface area contributed by atoms with Crippen molar-refractivity contribution in [2.24, 2.45) is 45.3 Å². The van der Waals surface area contributed by atoms with Crippen LogP contribution in [0.2, 0.25) is 0 Å². The van der Waals surface area contributed by atoms with Gasteiger partial charge in [0.05, 0.1) is 18.3 Å². The number of aliphatic hydroxyl groups excluding tert-OH is 1. The molecule has 6 fully saturated rings. The van der Waals surface area contributed by atoms with Crippen LogP contribution in [0.4, 0.5) is 0 Å². The van der Waals surface area contributed by atoms with Crippen molar-refractivity contribution in [1.29, 1.82) is 0 Å². The molecule has 0 aromatic heterocycles. The summed E-state index contributed by atoms with van der Waals surface area (Å²) in [5.74, 6) is 3.24. The number of likely N-dealkylation sites (N-methyl/N-ethyl adjacent to an activating group) is 1. The van der Waals surface area contributed by atoms with Gasteiger partial charge in [-0.25, -0.2) is 0 Å². The second kappa shape index (κ2) is 6.74. The molecule has 5 aliphatic carbocycles. The predicted molar refractivity (Wildman–Crippen MR) is 127 cm³/mol. The fourth-order valence-electron chi connectivity index (χ4n) is 10.9. The number of hydrogen-bond donors (Lipinski definition) is 1. The molecular weight excluding hydrogens is 398 g/mol. The summed E-state index contributed by atoms with van der Waals surface area (Å²) in [4.78, 5) is 13.6. The number of carbonyl (C=O) groups is 1. The smallest absolute Gasteiger partial charge is 0.219 e. The molecule has 1 amide bonds. The highest BCUT2D eigenvalue weighted by Crippen LogP contribution is 2.87. The first-order valence-corrected chi connectivity index (χ1v) is 13.6. The lowest BCUT2D eigenvalue weighted by Crippen LogP contribution is -2.54. The van der Waals surface area contributed by atoms with E-state index < -0.39 is 0 Å². The van der Waals surface area contributed by atoms with E-state index in [1.165, 1.54) is 51.4 Å². The zero-order valence-electron chi connectivity index (χ0n) is 21.0. The molecule has 1 aliphatic heterocycles. The van der Waals surface area contributed by atoms with Gasteiger partial charge >= 0.3 is 0 Å². The number of aliphatic hydroxyl groups is 1. The van der Waals surface area contributed by atoms with Crippen molar-refractivity contribution >= 4 is 5.91 Å². The molecule has 1 heterocycles. The molecule has 0 aromatic rings. The SMILES string of the molecule is CC(=O)N(C)CC1CCC2C(CC3C4CCC5C(C)(C)[C@@H](O)CCC56C[C@@]46CCC23C)O1.[HH]. The van der Waals surface area contributed by atoms with Gasteiger partial charge in [0.25, 0.3) is 0 Å². The topological polar surface area (TPSA) is 49.8 Å². The maximum absolute atomic E-state index is 11.7. The highest BCUT2D eigenvalue weighted by atomic mass is 16.5. The third-order valence-electron chi connectivity index (χ3n) is 12.7. The fourth-order valence-corrected chi connectivity index (χ4v) is 10.9. The lowest BCUT2D eigenvalue weighted by molar-refractivity contribution is -0.138. The lowest BCUT2D eigenvalue weighted by atomic mass is 9.46. The molecule has 4 heteroatoms. The average molecular weight is 446 g/mol. The van der Waals surface area contributed by atoms with Crippen LogP contribution in [0, 0.1) is 45.3 Å². The summed E-state index contributed by atoms with van der Waals surface area (Å²) in [6.07, 6.45) is 13.4. The Kier molecular flexibility index (Phi) is 4.61. The largest absolute Gasteiger partial charge is 0.393 e. The molecule has 6 aliphatic rings. The number of fused-ring (bicyclic) bond motifs is 4. The normalized spacial score (nSPS) is 55.0. The highest BCUT2D eigenvalue weighted by Gasteiger charge is 2.80. The molecule has 182 valence electrons. The van der Waals surface area contributed by atoms with E-state index in [0.29, 0.717) is 34.2 Å². The van der Waals surface area contributed by atoms with Crippen LogP contribution < -0.4 is 0 Å². The van der Waals surface area contributed by atoms with E-state index in [-0.39, 0.29) is 25.0 Å². The van der Waals surface area contributed by atoms with Crippen LogP contribution in [0.1, 0.15) is 93.3 Å². The van der Waals surface area contributed by atoms with E-state index in [4.69, 9.17) is 4.74 Å². The number of hydrogen-bond acceptors (Lipinski definition) is 3. The Balaban J connectivity index is 0.00000228. The zero-order chi connectivity index (χ0) is 22.7. The van der Waals surface area contributed by atoms with Crippen molar-refractivity contribution in [3.63, 3.8) is 0 Å². The summed E-state index contributed by atoms with van der Waals surface area (Å²) < 4.78 is 6.74. The van der Waals surface area contributed by atoms with Gasteiger partial charge in [-0.1, -0.05) is 20.8 Å². The van der Waals surface area contributed by atoms with E-state index >= 15 is 0 Å². The van der Waals surface area contributed by atoms with E-state index in [1.807, 2.05) is 11.9 Å². The Labute approximate surface area is 196 Å². The third kappa shape index (κ3) is 2.60. The standard InChI is InChI=1S/C28H45NO3.H2/c1-17(30)29(5)15-18-6-7-20-22(32-18)14-21-19-8-9-23-25(2,3)24(31)10-11-28(23)16-27(19,28)13-12-26(20,21)4;/h18-24,31H,6-16H2,1-5H3;1H/t18?,19?,20?,21?,22?,23?,24-,26?,27-,28?;/m0./s1. The molecule has 1 N–H and O–H groups in total. The summed E-state index contributed by atoms with van der Waals surface area (Å²) in [6.45, 7) is 9.74. The maximum atomic E-state index is 11.7. The van der Waals surface area contributed by atoms with Crippen LogP contribution in [0.15, 0.2) is 0 Å². The van der Waals surface area contributed by atoms with Crippen LogP contribution >= 0.6 is 0 Å². The Bertz CT molecular complexity index is 817. The number of ether oxygens (including phenoxy) is 1. The minimum Gasteiger partial charge on any atom is -0.393 e. The number of nitrogens with zero attached hydrogens (tertiary/aromatic N) is 1. The second-order valence-electron chi connectivity index (χ2n) is 13.8. The van der Waals surface area contributed by atoms with Gasteiger partial charge in [0.2, 0.25) is 5.91 Å². The average Bonchev–Trinajstić information content (AvgIpc) is 3.32. The summed E-state index contributed by atoms with van der Waals surface area (Å²) in [5.41, 5.74) is 1.62. The van der Waals surface area contributed by atoms with E-state index in [9.17, 15) is 9.90 Å². The summed E-state index contributed by atoms with van der Waals surface area (Å²) in [7, 11) is 1.91. The quantitative estimate of drug-likeness (QED) is 0.629. The molecule has 6 rings (SSSR count). The molecule has 0 bridgehead atoms. The van der Waals surface area contributed by atoms with Crippen molar-refractivity contribution in [2.75, 3.05) is 13.6 Å². The molecule has 8 unspecified atom stereocenters. The Morgan fingerprint density at radius 1 is 1.00 bits per heavy atom. The van der Waals surface area contributed by atoms with E-state index in [0.717, 1.165) is 31.2 Å². The van der Waals surface area contributed by atoms with Gasteiger partial charge < -0.3 is 14.7 Å². The van der Waals surface area contributed by atoms with Crippen molar-refractivity contribution in [3.05, 3.63) is 0 Å². The summed E-state index contributed by atoms with van der Waals surface area (Å²) >= 11 is 0. The molecule has 1 saturated heterocycles. The molecule has 10 atom stereocenters. The number of rotatable bonds is 2. The molecular formula is C28H47NO3. The second-order valence-corrected chi connectivity index (χ2v) is 13.8. The third-order valence-corrected chi connectivity index (χ3v) is 12.7. The fraction of sp³-hybridized carbons (Fsp3) is 0.964. The highest BCUT2D eigenvalue weighted by molar-refractivity contribution is 5.72. The minimum atomic E-state index is -0.117. The summed E-state index contributed by atoms with van der Waals surface area (Å²) in [5, 5.41) is 10.8. The Morgan fingerprint density at radius 2 is 1.75 bits per heavy atom.